The molecule has 1 atom stereocenters. The van der Waals surface area contributed by atoms with E-state index in [1.807, 2.05) is 0 Å². The van der Waals surface area contributed by atoms with Gasteiger partial charge < -0.3 is 10.8 Å². The van der Waals surface area contributed by atoms with Crippen LogP contribution in [-0.4, -0.2) is 42.8 Å². The van der Waals surface area contributed by atoms with Crippen LogP contribution >= 0.6 is 11.3 Å². The zero-order valence-corrected chi connectivity index (χ0v) is 13.0. The summed E-state index contributed by atoms with van der Waals surface area (Å²) < 4.78 is 26.3. The number of carboxylic acid groups (broad SMARTS) is 1. The van der Waals surface area contributed by atoms with E-state index in [0.717, 1.165) is 11.3 Å². The van der Waals surface area contributed by atoms with E-state index in [0.29, 0.717) is 11.3 Å². The minimum Gasteiger partial charge on any atom is -0.481 e. The van der Waals surface area contributed by atoms with E-state index in [1.165, 1.54) is 16.4 Å². The highest BCUT2D eigenvalue weighted by Crippen LogP contribution is 2.35. The van der Waals surface area contributed by atoms with Gasteiger partial charge in [-0.15, -0.1) is 11.3 Å². The van der Waals surface area contributed by atoms with Gasteiger partial charge in [-0.3, -0.25) is 9.59 Å². The van der Waals surface area contributed by atoms with Crippen LogP contribution < -0.4 is 5.73 Å². The van der Waals surface area contributed by atoms with Crippen LogP contribution in [0.3, 0.4) is 0 Å². The molecule has 1 fully saturated rings. The van der Waals surface area contributed by atoms with Crippen molar-refractivity contribution in [1.29, 1.82) is 0 Å². The molecule has 0 radical (unpaired) electrons. The van der Waals surface area contributed by atoms with Crippen LogP contribution in [0.2, 0.25) is 0 Å². The van der Waals surface area contributed by atoms with Gasteiger partial charge in [0.25, 0.3) is 10.0 Å². The lowest BCUT2D eigenvalue weighted by Crippen LogP contribution is -2.38. The summed E-state index contributed by atoms with van der Waals surface area (Å²) >= 11 is 0.937. The molecule has 1 aromatic rings. The van der Waals surface area contributed by atoms with Gasteiger partial charge in [0.05, 0.1) is 11.8 Å². The first kappa shape index (κ1) is 15.9. The predicted octanol–water partition coefficient (Wildman–Crippen LogP) is 0.261. The molecular weight excluding hydrogens is 316 g/mol. The molecule has 1 aliphatic heterocycles. The minimum atomic E-state index is -3.71. The average molecular weight is 332 g/mol. The fourth-order valence-electron chi connectivity index (χ4n) is 2.19. The number of nitrogens with zero attached hydrogens (tertiary/aromatic N) is 1. The molecule has 7 nitrogen and oxygen atoms in total. The summed E-state index contributed by atoms with van der Waals surface area (Å²) in [5.74, 6) is -1.53. The first-order valence-electron chi connectivity index (χ1n) is 6.26. The fourth-order valence-corrected chi connectivity index (χ4v) is 5.26. The molecule has 2 heterocycles. The molecule has 21 heavy (non-hydrogen) atoms. The number of carbonyl (C=O) groups is 2. The van der Waals surface area contributed by atoms with Crippen LogP contribution in [0.25, 0.3) is 0 Å². The summed E-state index contributed by atoms with van der Waals surface area (Å²) in [4.78, 5) is 22.5. The summed E-state index contributed by atoms with van der Waals surface area (Å²) in [5, 5.41) is 8.72. The Balaban J connectivity index is 2.21. The molecule has 1 aliphatic rings. The number of carbonyl (C=O) groups excluding carboxylic acids is 1. The topological polar surface area (TPSA) is 118 Å². The van der Waals surface area contributed by atoms with Gasteiger partial charge in [0.15, 0.2) is 0 Å². The molecule has 0 aliphatic carbocycles. The zero-order chi connectivity index (χ0) is 15.8. The van der Waals surface area contributed by atoms with Crippen LogP contribution in [0, 0.1) is 5.41 Å². The predicted molar refractivity (Wildman–Crippen MR) is 76.3 cm³/mol. The SMILES string of the molecule is CC1(C(N)=O)CCN(S(=O)(=O)c2ccc(CC(=O)O)s2)C1. The molecule has 0 saturated carbocycles. The number of hydrogen-bond acceptors (Lipinski definition) is 5. The van der Waals surface area contributed by atoms with E-state index in [9.17, 15) is 18.0 Å². The van der Waals surface area contributed by atoms with Gasteiger partial charge in [-0.1, -0.05) is 0 Å². The Morgan fingerprint density at radius 1 is 1.48 bits per heavy atom. The van der Waals surface area contributed by atoms with Gasteiger partial charge in [0, 0.05) is 18.0 Å². The number of hydrogen-bond donors (Lipinski definition) is 2. The summed E-state index contributed by atoms with van der Waals surface area (Å²) in [6, 6.07) is 2.90. The van der Waals surface area contributed by atoms with E-state index >= 15 is 0 Å². The summed E-state index contributed by atoms with van der Waals surface area (Å²) in [5.41, 5.74) is 4.46. The highest BCUT2D eigenvalue weighted by Gasteiger charge is 2.44. The summed E-state index contributed by atoms with van der Waals surface area (Å²) in [6.45, 7) is 1.93. The number of aliphatic carboxylic acids is 1. The third kappa shape index (κ3) is 3.09. The minimum absolute atomic E-state index is 0.0524. The summed E-state index contributed by atoms with van der Waals surface area (Å²) in [7, 11) is -3.71. The molecule has 9 heteroatoms. The smallest absolute Gasteiger partial charge is 0.308 e. The quantitative estimate of drug-likeness (QED) is 0.802. The highest BCUT2D eigenvalue weighted by atomic mass is 32.2. The van der Waals surface area contributed by atoms with E-state index < -0.39 is 27.3 Å². The molecule has 1 unspecified atom stereocenters. The van der Waals surface area contributed by atoms with Gasteiger partial charge in [0.1, 0.15) is 4.21 Å². The van der Waals surface area contributed by atoms with Gasteiger partial charge in [-0.25, -0.2) is 8.42 Å². The van der Waals surface area contributed by atoms with Crippen LogP contribution in [0.5, 0.6) is 0 Å². The summed E-state index contributed by atoms with van der Waals surface area (Å²) in [6.07, 6.45) is 0.175. The van der Waals surface area contributed by atoms with Crippen molar-refractivity contribution in [2.45, 2.75) is 24.0 Å². The van der Waals surface area contributed by atoms with Crippen molar-refractivity contribution in [3.8, 4) is 0 Å². The molecule has 2 rings (SSSR count). The zero-order valence-electron chi connectivity index (χ0n) is 11.4. The molecule has 3 N–H and O–H groups in total. The van der Waals surface area contributed by atoms with Crippen molar-refractivity contribution >= 4 is 33.2 Å². The second-order valence-corrected chi connectivity index (χ2v) is 8.64. The van der Waals surface area contributed by atoms with Gasteiger partial charge >= 0.3 is 5.97 Å². The van der Waals surface area contributed by atoms with Crippen molar-refractivity contribution in [2.24, 2.45) is 11.1 Å². The Morgan fingerprint density at radius 2 is 2.14 bits per heavy atom. The Morgan fingerprint density at radius 3 is 2.67 bits per heavy atom. The third-order valence-electron chi connectivity index (χ3n) is 3.59. The monoisotopic (exact) mass is 332 g/mol. The van der Waals surface area contributed by atoms with Crippen LogP contribution in [0.4, 0.5) is 0 Å². The molecule has 1 amide bonds. The molecule has 116 valence electrons. The van der Waals surface area contributed by atoms with Gasteiger partial charge in [-0.2, -0.15) is 4.31 Å². The number of amides is 1. The lowest BCUT2D eigenvalue weighted by atomic mass is 9.89. The highest BCUT2D eigenvalue weighted by molar-refractivity contribution is 7.91. The average Bonchev–Trinajstić information content (AvgIpc) is 2.96. The Kier molecular flexibility index (Phi) is 4.09. The molecule has 0 aromatic carbocycles. The first-order valence-corrected chi connectivity index (χ1v) is 8.51. The fraction of sp³-hybridized carbons (Fsp3) is 0.500. The normalized spacial score (nSPS) is 23.3. The standard InChI is InChI=1S/C12H16N2O5S2/c1-12(11(13)17)4-5-14(7-12)21(18,19)10-3-2-8(20-10)6-9(15)16/h2-3H,4-7H2,1H3,(H2,13,17)(H,15,16). The van der Waals surface area contributed by atoms with E-state index in [-0.39, 0.29) is 23.7 Å². The first-order chi connectivity index (χ1) is 9.65. The van der Waals surface area contributed by atoms with Crippen molar-refractivity contribution in [1.82, 2.24) is 4.31 Å². The van der Waals surface area contributed by atoms with Gasteiger partial charge in [0.2, 0.25) is 5.91 Å². The largest absolute Gasteiger partial charge is 0.481 e. The maximum atomic E-state index is 12.5. The molecular formula is C12H16N2O5S2. The van der Waals surface area contributed by atoms with E-state index in [4.69, 9.17) is 10.8 Å². The van der Waals surface area contributed by atoms with Crippen molar-refractivity contribution in [3.05, 3.63) is 17.0 Å². The van der Waals surface area contributed by atoms with E-state index in [2.05, 4.69) is 0 Å². The Bertz CT molecular complexity index is 682. The lowest BCUT2D eigenvalue weighted by Gasteiger charge is -2.20. The number of carboxylic acids is 1. The molecule has 1 saturated heterocycles. The van der Waals surface area contributed by atoms with Crippen molar-refractivity contribution in [3.63, 3.8) is 0 Å². The lowest BCUT2D eigenvalue weighted by molar-refractivity contribution is -0.136. The number of primary amides is 1. The Hall–Kier alpha value is -1.45. The van der Waals surface area contributed by atoms with Crippen LogP contribution in [-0.2, 0) is 26.0 Å². The molecule has 0 bridgehead atoms. The number of sulfonamides is 1. The number of thiophene rings is 1. The molecule has 1 aromatic heterocycles. The van der Waals surface area contributed by atoms with Crippen LogP contribution in [0.15, 0.2) is 16.3 Å². The third-order valence-corrected chi connectivity index (χ3v) is 6.99. The second-order valence-electron chi connectivity index (χ2n) is 5.30. The molecule has 0 spiro atoms. The Labute approximate surface area is 126 Å². The number of rotatable bonds is 5. The van der Waals surface area contributed by atoms with Crippen molar-refractivity contribution in [2.75, 3.05) is 13.1 Å². The number of nitrogens with two attached hydrogens (primary N) is 1. The maximum absolute atomic E-state index is 12.5. The van der Waals surface area contributed by atoms with Crippen LogP contribution in [0.1, 0.15) is 18.2 Å². The van der Waals surface area contributed by atoms with E-state index in [1.54, 1.807) is 6.92 Å². The van der Waals surface area contributed by atoms with Crippen molar-refractivity contribution < 1.29 is 23.1 Å². The maximum Gasteiger partial charge on any atom is 0.308 e. The second kappa shape index (κ2) is 5.39. The van der Waals surface area contributed by atoms with Gasteiger partial charge in [-0.05, 0) is 25.5 Å².